The Hall–Kier alpha value is -4.45. The number of nitrogens with one attached hydrogen (secondary N) is 2. The molecule has 0 bridgehead atoms. The predicted molar refractivity (Wildman–Crippen MR) is 121 cm³/mol. The Morgan fingerprint density at radius 3 is 1.94 bits per heavy atom. The minimum atomic E-state index is -0.417. The highest BCUT2D eigenvalue weighted by Crippen LogP contribution is 2.30. The molecule has 0 spiro atoms. The highest BCUT2D eigenvalue weighted by Gasteiger charge is 2.23. The van der Waals surface area contributed by atoms with Gasteiger partial charge in [0.15, 0.2) is 11.5 Å². The van der Waals surface area contributed by atoms with Gasteiger partial charge in [-0.1, -0.05) is 54.6 Å². The lowest BCUT2D eigenvalue weighted by Gasteiger charge is -2.05. The van der Waals surface area contributed by atoms with E-state index in [2.05, 4.69) is 20.2 Å². The lowest BCUT2D eigenvalue weighted by molar-refractivity contribution is 0.103. The number of para-hydroxylation sites is 2. The number of Topliss-reactive ketones (excluding diaryl/α,β-unsaturated/α-hetero) is 1. The van der Waals surface area contributed by atoms with Crippen LogP contribution in [0.4, 0.5) is 5.69 Å². The van der Waals surface area contributed by atoms with E-state index in [9.17, 15) is 9.90 Å². The highest BCUT2D eigenvalue weighted by molar-refractivity contribution is 6.19. The number of benzene rings is 3. The van der Waals surface area contributed by atoms with E-state index in [1.807, 2.05) is 66.7 Å². The third-order valence-corrected chi connectivity index (χ3v) is 5.14. The Morgan fingerprint density at radius 2 is 1.26 bits per heavy atom. The monoisotopic (exact) mass is 406 g/mol. The van der Waals surface area contributed by atoms with Crippen LogP contribution in [0.25, 0.3) is 27.6 Å². The van der Waals surface area contributed by atoms with E-state index in [0.29, 0.717) is 16.8 Å². The first-order valence-electron chi connectivity index (χ1n) is 9.80. The molecule has 6 heteroatoms. The average molecular weight is 406 g/mol. The van der Waals surface area contributed by atoms with Crippen molar-refractivity contribution in [2.45, 2.75) is 0 Å². The number of H-pyrrole nitrogens is 2. The summed E-state index contributed by atoms with van der Waals surface area (Å²) in [4.78, 5) is 19.7. The summed E-state index contributed by atoms with van der Waals surface area (Å²) in [6, 6.07) is 24.1. The number of aliphatic hydroxyl groups is 1. The topological polar surface area (TPSA) is 93.6 Å². The molecule has 0 aliphatic rings. The van der Waals surface area contributed by atoms with Gasteiger partial charge >= 0.3 is 0 Å². The zero-order chi connectivity index (χ0) is 21.2. The van der Waals surface area contributed by atoms with Crippen molar-refractivity contribution >= 4 is 39.0 Å². The van der Waals surface area contributed by atoms with E-state index in [0.717, 1.165) is 21.8 Å². The van der Waals surface area contributed by atoms with Crippen molar-refractivity contribution in [2.75, 3.05) is 0 Å². The molecule has 0 fully saturated rings. The number of ketones is 1. The molecule has 0 unspecified atom stereocenters. The molecule has 0 atom stereocenters. The van der Waals surface area contributed by atoms with Gasteiger partial charge in [-0.05, 0) is 24.3 Å². The molecule has 0 amide bonds. The number of nitrogens with zero attached hydrogens (tertiary/aromatic N) is 2. The second kappa shape index (κ2) is 7.76. The predicted octanol–water partition coefficient (Wildman–Crippen LogP) is 6.54. The molecule has 0 radical (unpaired) electrons. The van der Waals surface area contributed by atoms with Crippen molar-refractivity contribution in [1.82, 2.24) is 9.97 Å². The summed E-state index contributed by atoms with van der Waals surface area (Å²) in [6.45, 7) is 0. The Labute approximate surface area is 177 Å². The van der Waals surface area contributed by atoms with Gasteiger partial charge < -0.3 is 15.1 Å². The third-order valence-electron chi connectivity index (χ3n) is 5.14. The van der Waals surface area contributed by atoms with Gasteiger partial charge in [-0.3, -0.25) is 4.79 Å². The van der Waals surface area contributed by atoms with Crippen LogP contribution in [0.15, 0.2) is 107 Å². The van der Waals surface area contributed by atoms with Crippen LogP contribution in [-0.2, 0) is 0 Å². The molecule has 5 aromatic rings. The molecule has 6 nitrogen and oxygen atoms in total. The van der Waals surface area contributed by atoms with Crippen LogP contribution in [0, 0.1) is 0 Å². The normalized spacial score (nSPS) is 12.5. The summed E-state index contributed by atoms with van der Waals surface area (Å²) in [6.07, 6.45) is 3.30. The lowest BCUT2D eigenvalue weighted by atomic mass is 10.0. The van der Waals surface area contributed by atoms with Gasteiger partial charge in [-0.2, -0.15) is 5.11 Å². The maximum Gasteiger partial charge on any atom is 0.219 e. The Bertz CT molecular complexity index is 1460. The van der Waals surface area contributed by atoms with Crippen LogP contribution >= 0.6 is 0 Å². The van der Waals surface area contributed by atoms with Gasteiger partial charge in [0, 0.05) is 45.3 Å². The lowest BCUT2D eigenvalue weighted by Crippen LogP contribution is -2.04. The maximum absolute atomic E-state index is 13.5. The molecule has 0 aliphatic carbocycles. The fourth-order valence-electron chi connectivity index (χ4n) is 3.58. The van der Waals surface area contributed by atoms with Gasteiger partial charge in [0.1, 0.15) is 0 Å². The summed E-state index contributed by atoms with van der Waals surface area (Å²) in [7, 11) is 0. The molecule has 2 heterocycles. The molecule has 3 N–H and O–H groups in total. The van der Waals surface area contributed by atoms with Gasteiger partial charge in [-0.25, -0.2) is 0 Å². The van der Waals surface area contributed by atoms with Crippen LogP contribution in [0.2, 0.25) is 0 Å². The molecule has 3 aromatic carbocycles. The van der Waals surface area contributed by atoms with Crippen molar-refractivity contribution in [2.24, 2.45) is 10.2 Å². The van der Waals surface area contributed by atoms with Crippen molar-refractivity contribution in [3.63, 3.8) is 0 Å². The number of carbonyl (C=O) groups is 1. The molecule has 2 aromatic heterocycles. The summed E-state index contributed by atoms with van der Waals surface area (Å²) in [5.74, 6) is -0.646. The van der Waals surface area contributed by atoms with E-state index in [4.69, 9.17) is 0 Å². The molecule has 0 saturated heterocycles. The Balaban J connectivity index is 1.68. The van der Waals surface area contributed by atoms with Gasteiger partial charge in [0.2, 0.25) is 5.78 Å². The fraction of sp³-hybridized carbons (Fsp3) is 0. The number of rotatable bonds is 5. The zero-order valence-electron chi connectivity index (χ0n) is 16.4. The van der Waals surface area contributed by atoms with Gasteiger partial charge in [0.25, 0.3) is 0 Å². The number of aromatic nitrogens is 2. The van der Waals surface area contributed by atoms with Crippen molar-refractivity contribution < 1.29 is 9.90 Å². The standard InChI is InChI=1S/C25H18N4O2/c30-24(19-14-26-21-12-6-4-10-17(19)21)23(29-28-16-8-2-1-3-9-16)25(31)20-15-27-22-13-7-5-11-18(20)22/h1-15,26-27,30H/b24-23+,29-28?. The Morgan fingerprint density at radius 1 is 0.710 bits per heavy atom. The largest absolute Gasteiger partial charge is 0.505 e. The summed E-state index contributed by atoms with van der Waals surface area (Å²) in [5.41, 5.74) is 3.05. The van der Waals surface area contributed by atoms with E-state index in [1.54, 1.807) is 24.5 Å². The highest BCUT2D eigenvalue weighted by atomic mass is 16.3. The number of azo groups is 1. The summed E-state index contributed by atoms with van der Waals surface area (Å²) < 4.78 is 0. The van der Waals surface area contributed by atoms with Gasteiger partial charge in [0.05, 0.1) is 5.69 Å². The summed E-state index contributed by atoms with van der Waals surface area (Å²) in [5, 5.41) is 21.1. The number of fused-ring (bicyclic) bond motifs is 2. The number of hydrogen-bond donors (Lipinski definition) is 3. The SMILES string of the molecule is O=C(/C(N=Nc1ccccc1)=C(\O)c1c[nH]c2ccccc12)c1c[nH]c2ccccc12. The minimum absolute atomic E-state index is 0.127. The Kier molecular flexibility index (Phi) is 4.65. The maximum atomic E-state index is 13.5. The first-order valence-corrected chi connectivity index (χ1v) is 9.80. The average Bonchev–Trinajstić information content (AvgIpc) is 3.44. The second-order valence-corrected chi connectivity index (χ2v) is 7.06. The first kappa shape index (κ1) is 18.6. The van der Waals surface area contributed by atoms with Gasteiger partial charge in [-0.15, -0.1) is 5.11 Å². The van der Waals surface area contributed by atoms with Crippen LogP contribution in [0.5, 0.6) is 0 Å². The second-order valence-electron chi connectivity index (χ2n) is 7.06. The number of carbonyl (C=O) groups excluding carboxylic acids is 1. The summed E-state index contributed by atoms with van der Waals surface area (Å²) >= 11 is 0. The van der Waals surface area contributed by atoms with Crippen molar-refractivity contribution in [1.29, 1.82) is 0 Å². The van der Waals surface area contributed by atoms with E-state index < -0.39 is 5.78 Å². The fourth-order valence-corrected chi connectivity index (χ4v) is 3.58. The molecular weight excluding hydrogens is 388 g/mol. The van der Waals surface area contributed by atoms with E-state index >= 15 is 0 Å². The number of aliphatic hydroxyl groups excluding tert-OH is 1. The molecule has 31 heavy (non-hydrogen) atoms. The molecule has 0 aliphatic heterocycles. The number of aromatic amines is 2. The molecule has 150 valence electrons. The number of hydrogen-bond acceptors (Lipinski definition) is 4. The molecule has 5 rings (SSSR count). The third kappa shape index (κ3) is 3.40. The van der Waals surface area contributed by atoms with Crippen LogP contribution < -0.4 is 0 Å². The van der Waals surface area contributed by atoms with E-state index in [1.165, 1.54) is 0 Å². The van der Waals surface area contributed by atoms with E-state index in [-0.39, 0.29) is 11.5 Å². The van der Waals surface area contributed by atoms with Crippen molar-refractivity contribution in [3.8, 4) is 0 Å². The first-order chi connectivity index (χ1) is 15.2. The quantitative estimate of drug-likeness (QED) is 0.134. The van der Waals surface area contributed by atoms with Crippen molar-refractivity contribution in [3.05, 3.63) is 108 Å². The zero-order valence-corrected chi connectivity index (χ0v) is 16.4. The minimum Gasteiger partial charge on any atom is -0.505 e. The van der Waals surface area contributed by atoms with Crippen LogP contribution in [0.3, 0.4) is 0 Å². The smallest absolute Gasteiger partial charge is 0.219 e. The molecular formula is C25H18N4O2. The number of allylic oxidation sites excluding steroid dienone is 1. The van der Waals surface area contributed by atoms with Crippen LogP contribution in [0.1, 0.15) is 15.9 Å². The molecule has 0 saturated carbocycles. The van der Waals surface area contributed by atoms with Crippen LogP contribution in [-0.4, -0.2) is 20.9 Å².